The van der Waals surface area contributed by atoms with Crippen LogP contribution < -0.4 is 41.0 Å². The van der Waals surface area contributed by atoms with Gasteiger partial charge in [0.05, 0.1) is 55.9 Å². The lowest BCUT2D eigenvalue weighted by molar-refractivity contribution is -0.433. The quantitative estimate of drug-likeness (QED) is 0.0164. The Morgan fingerprint density at radius 1 is 0.763 bits per heavy atom. The third-order valence-electron chi connectivity index (χ3n) is 17.6. The van der Waals surface area contributed by atoms with Crippen LogP contribution in [0.4, 0.5) is 5.82 Å². The Labute approximate surface area is 564 Å². The van der Waals surface area contributed by atoms with Gasteiger partial charge in [0.25, 0.3) is 18.2 Å². The van der Waals surface area contributed by atoms with Gasteiger partial charge in [-0.25, -0.2) is 10.2 Å². The SMILES string of the molecule is C[C@@H](O)[C@@H]1NC(=O)[C@@H](NC(=O)c2ccc(-c3nnc(-c4ccc(N5CCC(c6ccccc6)CC5)nc4)s3)cc2)C[C@@H](O)CNC(=O)[C@@H]2[C@@H](O)[C@@H](C)CN2C(=O)[C@H]([C@H](O)CCNC(CO)CO)NC(=O)[C@H]([C@H](O)Cc2ccc(O)c(OSOOO)c2)NC(=O)[C@@H]2C[C@@H](O)CN2C1=O. The normalized spacial score (nSPS) is 25.3. The number of nitrogens with one attached hydrogen (secondary N) is 6. The Morgan fingerprint density at radius 2 is 1.43 bits per heavy atom. The molecule has 0 radical (unpaired) electrons. The number of phenols is 1. The molecule has 2 aromatic heterocycles. The fraction of sp³-hybridized carbons (Fsp3) is 0.492. The highest BCUT2D eigenvalue weighted by atomic mass is 32.2. The Bertz CT molecular complexity index is 3500. The van der Waals surface area contributed by atoms with Crippen molar-refractivity contribution in [3.05, 3.63) is 108 Å². The maximum Gasteiger partial charge on any atom is 0.261 e. The van der Waals surface area contributed by atoms with Crippen molar-refractivity contribution in [3.63, 3.8) is 0 Å². The molecule has 6 heterocycles. The van der Waals surface area contributed by atoms with Crippen LogP contribution in [0, 0.1) is 5.92 Å². The Kier molecular flexibility index (Phi) is 25.6. The molecule has 0 bridgehead atoms. The molecule has 3 aromatic carbocycles. The van der Waals surface area contributed by atoms with Gasteiger partial charge in [-0.15, -0.1) is 10.2 Å². The molecule has 7 amide bonds. The first-order chi connectivity index (χ1) is 46.5. The molecule has 4 aliphatic heterocycles. The standard InChI is InChI=1S/C63H80N12O20S2/c1-32-28-75-53(54(32)84)59(89)66-27-41(79)24-43(67-55(85)37-9-11-38(12-10-37)60-71-72-61(96-60)39-13-15-49(65-26-39)73-20-17-36(18-21-73)35-6-4-3-5-7-35)56(86)68-50(33(2)78)62(90)74-29-42(80)25-44(74)57(87)69-51(47(83)22-34-8-14-45(81)48(23-34)93-97-95-94-92)58(88)70-52(63(75)91)46(82)16-19-64-40(30-76)31-77/h3-15,23,26,32-33,36,40-44,46-47,50-54,64,76-84,92H,16-22,24-25,27-31H2,1-2H3,(H,66,89)(H,67,85)(H,68,86)(H,69,87)(H,70,88)/t32-,33+,41+,42+,43-,44-,46+,47+,50-,51-,52-,53-,54-/m0/s1. The number of anilines is 1. The number of piperidine rings is 1. The summed E-state index contributed by atoms with van der Waals surface area (Å²) >= 11 is 1.35. The van der Waals surface area contributed by atoms with Crippen molar-refractivity contribution < 1.29 is 98.3 Å². The summed E-state index contributed by atoms with van der Waals surface area (Å²) in [5, 5.41) is 136. The molecule has 5 aromatic rings. The van der Waals surface area contributed by atoms with E-state index in [9.17, 15) is 79.5 Å². The van der Waals surface area contributed by atoms with Crippen LogP contribution >= 0.6 is 23.7 Å². The molecule has 4 fully saturated rings. The molecule has 13 atom stereocenters. The number of aromatic nitrogens is 3. The van der Waals surface area contributed by atoms with Gasteiger partial charge in [0.15, 0.2) is 11.5 Å². The number of amides is 7. The highest BCUT2D eigenvalue weighted by Gasteiger charge is 2.50. The number of aliphatic hydroxyl groups excluding tert-OH is 8. The summed E-state index contributed by atoms with van der Waals surface area (Å²) in [7, 11) is 0. The Balaban J connectivity index is 0.974. The number of rotatable bonds is 21. The maximum atomic E-state index is 15.0. The van der Waals surface area contributed by atoms with E-state index >= 15 is 0 Å². The molecule has 9 rings (SSSR count). The van der Waals surface area contributed by atoms with Crippen molar-refractivity contribution in [1.29, 1.82) is 0 Å². The summed E-state index contributed by atoms with van der Waals surface area (Å²) in [6, 6.07) is 11.7. The van der Waals surface area contributed by atoms with Crippen LogP contribution in [0.15, 0.2) is 91.1 Å². The highest BCUT2D eigenvalue weighted by Crippen LogP contribution is 2.35. The van der Waals surface area contributed by atoms with Gasteiger partial charge < -0.3 is 96.7 Å². The van der Waals surface area contributed by atoms with Crippen molar-refractivity contribution in [2.45, 2.75) is 137 Å². The zero-order valence-corrected chi connectivity index (χ0v) is 54.4. The molecule has 97 heavy (non-hydrogen) atoms. The van der Waals surface area contributed by atoms with Crippen molar-refractivity contribution in [3.8, 4) is 32.6 Å². The lowest BCUT2D eigenvalue weighted by Gasteiger charge is -2.34. The number of aliphatic hydroxyl groups is 8. The zero-order chi connectivity index (χ0) is 69.6. The molecule has 0 spiro atoms. The topological polar surface area (TPSA) is 470 Å². The van der Waals surface area contributed by atoms with Crippen LogP contribution in [0.25, 0.3) is 21.1 Å². The van der Waals surface area contributed by atoms with Crippen molar-refractivity contribution in [2.24, 2.45) is 5.92 Å². The molecular weight excluding hydrogens is 1310 g/mol. The average Bonchev–Trinajstić information content (AvgIpc) is 1.66. The minimum absolute atomic E-state index is 0.00704. The number of carbonyl (C=O) groups excluding carboxylic acids is 7. The van der Waals surface area contributed by atoms with E-state index < -0.39 is 184 Å². The van der Waals surface area contributed by atoms with Gasteiger partial charge in [-0.1, -0.05) is 76.2 Å². The second-order valence-corrected chi connectivity index (χ2v) is 25.9. The number of β-amino-alcohol motifs (C(OH)–C–C–N with tert-alkyl or cyclic N) is 1. The molecule has 0 aliphatic carbocycles. The first-order valence-corrected chi connectivity index (χ1v) is 33.0. The summed E-state index contributed by atoms with van der Waals surface area (Å²) in [6.07, 6.45) is -8.93. The largest absolute Gasteiger partial charge is 0.504 e. The van der Waals surface area contributed by atoms with E-state index in [-0.39, 0.29) is 42.3 Å². The van der Waals surface area contributed by atoms with Crippen molar-refractivity contribution in [1.82, 2.24) is 56.9 Å². The predicted molar refractivity (Wildman–Crippen MR) is 346 cm³/mol. The van der Waals surface area contributed by atoms with E-state index in [1.54, 1.807) is 18.3 Å². The van der Waals surface area contributed by atoms with Gasteiger partial charge in [0.1, 0.15) is 52.1 Å². The number of phenolic OH excluding ortho intramolecular Hbond substituents is 1. The highest BCUT2D eigenvalue weighted by molar-refractivity contribution is 7.90. The van der Waals surface area contributed by atoms with Gasteiger partial charge >= 0.3 is 0 Å². The summed E-state index contributed by atoms with van der Waals surface area (Å²) in [6.45, 7) is 1.39. The van der Waals surface area contributed by atoms with Crippen LogP contribution in [0.2, 0.25) is 0 Å². The van der Waals surface area contributed by atoms with Gasteiger partial charge in [-0.05, 0) is 86.2 Å². The number of aromatic hydroxyl groups is 1. The minimum Gasteiger partial charge on any atom is -0.504 e. The monoisotopic (exact) mass is 1390 g/mol. The summed E-state index contributed by atoms with van der Waals surface area (Å²) in [5.41, 5.74) is 2.77. The van der Waals surface area contributed by atoms with E-state index in [1.165, 1.54) is 42.0 Å². The molecule has 16 N–H and O–H groups in total. The lowest BCUT2D eigenvalue weighted by Crippen LogP contribution is -2.64. The summed E-state index contributed by atoms with van der Waals surface area (Å²) < 4.78 is 9.37. The van der Waals surface area contributed by atoms with E-state index in [0.29, 0.717) is 21.5 Å². The fourth-order valence-corrected chi connectivity index (χ4v) is 13.3. The Morgan fingerprint density at radius 3 is 2.10 bits per heavy atom. The van der Waals surface area contributed by atoms with Crippen LogP contribution in [0.3, 0.4) is 0 Å². The molecule has 4 aliphatic rings. The van der Waals surface area contributed by atoms with Gasteiger partial charge in [0.2, 0.25) is 35.4 Å². The number of carbonyl (C=O) groups is 7. The smallest absolute Gasteiger partial charge is 0.261 e. The minimum atomic E-state index is -2.16. The molecule has 0 unspecified atom stereocenters. The van der Waals surface area contributed by atoms with E-state index in [1.807, 2.05) is 18.2 Å². The van der Waals surface area contributed by atoms with Crippen LogP contribution in [-0.4, -0.2) is 249 Å². The summed E-state index contributed by atoms with van der Waals surface area (Å²) in [4.78, 5) is 111. The van der Waals surface area contributed by atoms with Crippen LogP contribution in [0.1, 0.15) is 73.4 Å². The number of pyridine rings is 1. The lowest BCUT2D eigenvalue weighted by atomic mass is 9.89. The molecule has 32 nitrogen and oxygen atoms in total. The average molecular weight is 1390 g/mol. The zero-order valence-electron chi connectivity index (χ0n) is 52.8. The molecule has 0 saturated carbocycles. The van der Waals surface area contributed by atoms with Crippen molar-refractivity contribution >= 4 is 70.8 Å². The van der Waals surface area contributed by atoms with Gasteiger partial charge in [-0.2, -0.15) is 0 Å². The third-order valence-corrected chi connectivity index (χ3v) is 19.0. The van der Waals surface area contributed by atoms with Gasteiger partial charge in [0, 0.05) is 80.8 Å². The van der Waals surface area contributed by atoms with Crippen LogP contribution in [0.5, 0.6) is 11.5 Å². The first-order valence-electron chi connectivity index (χ1n) is 31.5. The first kappa shape index (κ1) is 73.2. The molecule has 34 heteroatoms. The van der Waals surface area contributed by atoms with Crippen LogP contribution in [-0.2, 0) is 44.6 Å². The Hall–Kier alpha value is -8.07. The second kappa shape index (κ2) is 33.9. The number of fused-ring (bicyclic) bond motifs is 2. The van der Waals surface area contributed by atoms with E-state index in [0.717, 1.165) is 66.2 Å². The van der Waals surface area contributed by atoms with Crippen molar-refractivity contribution in [2.75, 3.05) is 57.4 Å². The number of hydrogen-bond donors (Lipinski definition) is 16. The van der Waals surface area contributed by atoms with E-state index in [2.05, 4.69) is 80.6 Å². The number of nitrogens with zero attached hydrogens (tertiary/aromatic N) is 6. The number of hydrogen-bond acceptors (Lipinski definition) is 27. The molecule has 524 valence electrons. The van der Waals surface area contributed by atoms with E-state index in [4.69, 9.17) is 14.4 Å². The molecule has 4 saturated heterocycles. The second-order valence-electron chi connectivity index (χ2n) is 24.5. The van der Waals surface area contributed by atoms with Gasteiger partial charge in [-0.3, -0.25) is 33.6 Å². The summed E-state index contributed by atoms with van der Waals surface area (Å²) in [5.74, 6) is -8.30. The molecular formula is C63H80N12O20S2. The number of benzene rings is 3. The fourth-order valence-electron chi connectivity index (χ4n) is 12.2. The maximum absolute atomic E-state index is 15.0. The predicted octanol–water partition coefficient (Wildman–Crippen LogP) is -2.00. The third kappa shape index (κ3) is 18.4.